The molecule has 0 atom stereocenters. The molecule has 0 radical (unpaired) electrons. The van der Waals surface area contributed by atoms with E-state index in [1.165, 1.54) is 0 Å². The smallest absolute Gasteiger partial charge is 0.111 e. The van der Waals surface area contributed by atoms with Crippen LogP contribution in [0.3, 0.4) is 0 Å². The van der Waals surface area contributed by atoms with Crippen molar-refractivity contribution in [2.75, 3.05) is 13.0 Å². The summed E-state index contributed by atoms with van der Waals surface area (Å²) in [6.07, 6.45) is 0.730. The number of nitrogens with zero attached hydrogens (tertiary/aromatic N) is 2. The van der Waals surface area contributed by atoms with Crippen LogP contribution in [0.5, 0.6) is 0 Å². The molecule has 0 saturated heterocycles. The van der Waals surface area contributed by atoms with Crippen LogP contribution in [-0.4, -0.2) is 28.1 Å². The van der Waals surface area contributed by atoms with E-state index in [9.17, 15) is 0 Å². The fourth-order valence-corrected chi connectivity index (χ4v) is 2.38. The molecule has 1 aromatic carbocycles. The van der Waals surface area contributed by atoms with E-state index in [1.54, 1.807) is 7.11 Å². The zero-order valence-corrected chi connectivity index (χ0v) is 12.9. The molecule has 0 bridgehead atoms. The summed E-state index contributed by atoms with van der Waals surface area (Å²) in [5.74, 6) is 1.52. The zero-order chi connectivity index (χ0) is 14.0. The van der Waals surface area contributed by atoms with E-state index in [0.29, 0.717) is 17.4 Å². The van der Waals surface area contributed by atoms with E-state index in [2.05, 4.69) is 9.55 Å². The molecule has 5 heteroatoms. The molecule has 0 amide bonds. The Balaban J connectivity index is 2.53. The highest BCUT2D eigenvalue weighted by Gasteiger charge is 2.21. The standard InChI is InChI=1S/C14H18Cl2N2O/c1-14(2,19-3)9-18-12-8-10(16)4-5-11(12)17-13(18)6-7-15/h4-5,8H,6-7,9H2,1-3H3. The second kappa shape index (κ2) is 5.70. The molecule has 0 aliphatic heterocycles. The summed E-state index contributed by atoms with van der Waals surface area (Å²) in [7, 11) is 1.72. The van der Waals surface area contributed by atoms with Crippen LogP contribution in [0.1, 0.15) is 19.7 Å². The van der Waals surface area contributed by atoms with Crippen molar-refractivity contribution in [3.05, 3.63) is 29.0 Å². The first-order valence-corrected chi connectivity index (χ1v) is 7.14. The van der Waals surface area contributed by atoms with Gasteiger partial charge in [0.15, 0.2) is 0 Å². The Labute approximate surface area is 123 Å². The van der Waals surface area contributed by atoms with Gasteiger partial charge in [0.2, 0.25) is 0 Å². The van der Waals surface area contributed by atoms with Gasteiger partial charge in [-0.15, -0.1) is 11.6 Å². The van der Waals surface area contributed by atoms with Crippen LogP contribution in [0.15, 0.2) is 18.2 Å². The summed E-state index contributed by atoms with van der Waals surface area (Å²) in [4.78, 5) is 4.63. The van der Waals surface area contributed by atoms with Gasteiger partial charge < -0.3 is 9.30 Å². The lowest BCUT2D eigenvalue weighted by molar-refractivity contribution is 0.00846. The van der Waals surface area contributed by atoms with Gasteiger partial charge in [0.05, 0.1) is 23.2 Å². The molecular formula is C14H18Cl2N2O. The zero-order valence-electron chi connectivity index (χ0n) is 11.4. The summed E-state index contributed by atoms with van der Waals surface area (Å²) in [6, 6.07) is 5.73. The van der Waals surface area contributed by atoms with Crippen LogP contribution in [0.25, 0.3) is 11.0 Å². The third kappa shape index (κ3) is 3.22. The van der Waals surface area contributed by atoms with Crippen LogP contribution < -0.4 is 0 Å². The average molecular weight is 301 g/mol. The summed E-state index contributed by atoms with van der Waals surface area (Å²) in [5, 5.41) is 0.710. The van der Waals surface area contributed by atoms with Crippen molar-refractivity contribution in [3.8, 4) is 0 Å². The maximum absolute atomic E-state index is 6.08. The number of aromatic nitrogens is 2. The first-order chi connectivity index (χ1) is 8.96. The summed E-state index contributed by atoms with van der Waals surface area (Å²) >= 11 is 11.9. The molecule has 1 heterocycles. The van der Waals surface area contributed by atoms with Crippen LogP contribution in [0, 0.1) is 0 Å². The van der Waals surface area contributed by atoms with Crippen molar-refractivity contribution in [3.63, 3.8) is 0 Å². The van der Waals surface area contributed by atoms with Crippen LogP contribution in [0.2, 0.25) is 5.02 Å². The molecule has 0 N–H and O–H groups in total. The molecule has 3 nitrogen and oxygen atoms in total. The third-order valence-electron chi connectivity index (χ3n) is 3.20. The van der Waals surface area contributed by atoms with Crippen molar-refractivity contribution in [2.45, 2.75) is 32.4 Å². The minimum absolute atomic E-state index is 0.267. The van der Waals surface area contributed by atoms with Gasteiger partial charge in [-0.3, -0.25) is 0 Å². The Kier molecular flexibility index (Phi) is 4.39. The van der Waals surface area contributed by atoms with Crippen LogP contribution in [0.4, 0.5) is 0 Å². The van der Waals surface area contributed by atoms with Crippen molar-refractivity contribution in [2.24, 2.45) is 0 Å². The quantitative estimate of drug-likeness (QED) is 0.783. The Morgan fingerprint density at radius 1 is 1.37 bits per heavy atom. The first-order valence-electron chi connectivity index (χ1n) is 6.22. The number of benzene rings is 1. The van der Waals surface area contributed by atoms with Crippen molar-refractivity contribution in [1.82, 2.24) is 9.55 Å². The van der Waals surface area contributed by atoms with Crippen LogP contribution in [-0.2, 0) is 17.7 Å². The van der Waals surface area contributed by atoms with Crippen molar-refractivity contribution >= 4 is 34.2 Å². The first kappa shape index (κ1) is 14.6. The van der Waals surface area contributed by atoms with Gasteiger partial charge in [0.25, 0.3) is 0 Å². The number of aryl methyl sites for hydroxylation is 1. The molecule has 0 unspecified atom stereocenters. The van der Waals surface area contributed by atoms with Gasteiger partial charge in [0.1, 0.15) is 5.82 Å². The fraction of sp³-hybridized carbons (Fsp3) is 0.500. The average Bonchev–Trinajstić information content (AvgIpc) is 2.68. The number of imidazole rings is 1. The van der Waals surface area contributed by atoms with E-state index in [4.69, 9.17) is 27.9 Å². The van der Waals surface area contributed by atoms with Gasteiger partial charge in [-0.25, -0.2) is 4.98 Å². The number of methoxy groups -OCH3 is 1. The molecule has 0 saturated carbocycles. The van der Waals surface area contributed by atoms with Gasteiger partial charge in [-0.2, -0.15) is 0 Å². The molecule has 2 rings (SSSR count). The predicted octanol–water partition coefficient (Wildman–Crippen LogP) is 3.90. The van der Waals surface area contributed by atoms with Crippen molar-refractivity contribution in [1.29, 1.82) is 0 Å². The second-order valence-electron chi connectivity index (χ2n) is 5.15. The number of hydrogen-bond acceptors (Lipinski definition) is 2. The maximum atomic E-state index is 6.08. The number of hydrogen-bond donors (Lipinski definition) is 0. The Morgan fingerprint density at radius 3 is 2.74 bits per heavy atom. The number of alkyl halides is 1. The highest BCUT2D eigenvalue weighted by atomic mass is 35.5. The largest absolute Gasteiger partial charge is 0.377 e. The SMILES string of the molecule is COC(C)(C)Cn1c(CCCl)nc2ccc(Cl)cc21. The third-order valence-corrected chi connectivity index (χ3v) is 3.62. The summed E-state index contributed by atoms with van der Waals surface area (Å²) in [6.45, 7) is 4.81. The molecule has 2 aromatic rings. The maximum Gasteiger partial charge on any atom is 0.111 e. The molecule has 0 fully saturated rings. The highest BCUT2D eigenvalue weighted by Crippen LogP contribution is 2.24. The number of fused-ring (bicyclic) bond motifs is 1. The van der Waals surface area contributed by atoms with E-state index < -0.39 is 0 Å². The van der Waals surface area contributed by atoms with Gasteiger partial charge in [0, 0.05) is 24.4 Å². The topological polar surface area (TPSA) is 27.1 Å². The fourth-order valence-electron chi connectivity index (χ4n) is 2.04. The predicted molar refractivity (Wildman–Crippen MR) is 80.3 cm³/mol. The minimum Gasteiger partial charge on any atom is -0.377 e. The van der Waals surface area contributed by atoms with Gasteiger partial charge in [-0.1, -0.05) is 11.6 Å². The molecule has 0 aliphatic rings. The lowest BCUT2D eigenvalue weighted by Gasteiger charge is -2.24. The Hall–Kier alpha value is -0.770. The summed E-state index contributed by atoms with van der Waals surface area (Å²) in [5.41, 5.74) is 1.70. The number of halogens is 2. The highest BCUT2D eigenvalue weighted by molar-refractivity contribution is 6.31. The molecule has 19 heavy (non-hydrogen) atoms. The lowest BCUT2D eigenvalue weighted by atomic mass is 10.1. The second-order valence-corrected chi connectivity index (χ2v) is 5.96. The Morgan fingerprint density at radius 2 is 2.11 bits per heavy atom. The molecule has 0 spiro atoms. The van der Waals surface area contributed by atoms with Crippen molar-refractivity contribution < 1.29 is 4.74 Å². The Bertz CT molecular complexity index is 578. The molecule has 1 aromatic heterocycles. The molecule has 0 aliphatic carbocycles. The normalized spacial score (nSPS) is 12.3. The molecule has 104 valence electrons. The number of rotatable bonds is 5. The van der Waals surface area contributed by atoms with Gasteiger partial charge in [-0.05, 0) is 32.0 Å². The number of ether oxygens (including phenoxy) is 1. The van der Waals surface area contributed by atoms with E-state index in [1.807, 2.05) is 32.0 Å². The summed E-state index contributed by atoms with van der Waals surface area (Å²) < 4.78 is 7.65. The molecular weight excluding hydrogens is 283 g/mol. The van der Waals surface area contributed by atoms with Crippen LogP contribution >= 0.6 is 23.2 Å². The monoisotopic (exact) mass is 300 g/mol. The minimum atomic E-state index is -0.267. The van der Waals surface area contributed by atoms with E-state index >= 15 is 0 Å². The lowest BCUT2D eigenvalue weighted by Crippen LogP contribution is -2.29. The van der Waals surface area contributed by atoms with E-state index in [-0.39, 0.29) is 5.60 Å². The van der Waals surface area contributed by atoms with Gasteiger partial charge >= 0.3 is 0 Å². The van der Waals surface area contributed by atoms with E-state index in [0.717, 1.165) is 23.3 Å².